The molecular weight excluding hydrogens is 356 g/mol. The lowest BCUT2D eigenvalue weighted by Gasteiger charge is -2.20. The lowest BCUT2D eigenvalue weighted by Crippen LogP contribution is -2.30. The molecule has 138 valence electrons. The second-order valence-corrected chi connectivity index (χ2v) is 7.36. The molecule has 0 aliphatic heterocycles. The van der Waals surface area contributed by atoms with E-state index in [2.05, 4.69) is 26.1 Å². The number of nitro benzene ring substituents is 1. The summed E-state index contributed by atoms with van der Waals surface area (Å²) < 4.78 is 5.53. The van der Waals surface area contributed by atoms with Crippen molar-refractivity contribution in [1.82, 2.24) is 0 Å². The van der Waals surface area contributed by atoms with Crippen LogP contribution in [0.2, 0.25) is 5.02 Å². The van der Waals surface area contributed by atoms with Gasteiger partial charge in [0.05, 0.1) is 9.95 Å². The smallest absolute Gasteiger partial charge is 0.271 e. The van der Waals surface area contributed by atoms with E-state index in [9.17, 15) is 14.9 Å². The molecule has 0 spiro atoms. The van der Waals surface area contributed by atoms with E-state index in [1.54, 1.807) is 6.92 Å². The van der Waals surface area contributed by atoms with Crippen molar-refractivity contribution in [2.45, 2.75) is 39.2 Å². The van der Waals surface area contributed by atoms with Gasteiger partial charge >= 0.3 is 0 Å². The molecule has 0 fully saturated rings. The number of nitrogens with zero attached hydrogens (tertiary/aromatic N) is 1. The zero-order valence-corrected chi connectivity index (χ0v) is 15.8. The lowest BCUT2D eigenvalue weighted by atomic mass is 9.87. The zero-order valence-electron chi connectivity index (χ0n) is 15.1. The number of carbonyl (C=O) groups is 1. The molecule has 0 saturated heterocycles. The van der Waals surface area contributed by atoms with Gasteiger partial charge in [-0.2, -0.15) is 0 Å². The van der Waals surface area contributed by atoms with Crippen LogP contribution in [0.15, 0.2) is 42.5 Å². The summed E-state index contributed by atoms with van der Waals surface area (Å²) in [5, 5.41) is 13.6. The molecule has 0 heterocycles. The van der Waals surface area contributed by atoms with E-state index in [-0.39, 0.29) is 27.8 Å². The van der Waals surface area contributed by atoms with Gasteiger partial charge in [0.25, 0.3) is 11.6 Å². The number of carbonyl (C=O) groups excluding carboxylic acids is 1. The molecule has 0 aliphatic carbocycles. The zero-order chi connectivity index (χ0) is 19.5. The van der Waals surface area contributed by atoms with Crippen molar-refractivity contribution in [2.24, 2.45) is 0 Å². The van der Waals surface area contributed by atoms with Crippen LogP contribution in [-0.2, 0) is 10.2 Å². The fourth-order valence-corrected chi connectivity index (χ4v) is 2.46. The summed E-state index contributed by atoms with van der Waals surface area (Å²) in [4.78, 5) is 22.5. The van der Waals surface area contributed by atoms with Crippen molar-refractivity contribution in [1.29, 1.82) is 0 Å². The summed E-state index contributed by atoms with van der Waals surface area (Å²) in [6.07, 6.45) is -0.823. The molecule has 0 aliphatic rings. The molecule has 7 heteroatoms. The number of halogens is 1. The van der Waals surface area contributed by atoms with Crippen LogP contribution in [0.1, 0.15) is 33.3 Å². The first-order valence-corrected chi connectivity index (χ1v) is 8.48. The number of non-ortho nitro benzene ring substituents is 1. The van der Waals surface area contributed by atoms with E-state index in [4.69, 9.17) is 16.3 Å². The van der Waals surface area contributed by atoms with Crippen molar-refractivity contribution in [3.05, 3.63) is 63.2 Å². The SMILES string of the molecule is CC(Oc1ccc([N+](=O)[O-])cc1Cl)C(=O)Nc1ccc(C(C)(C)C)cc1. The van der Waals surface area contributed by atoms with Crippen molar-refractivity contribution in [2.75, 3.05) is 5.32 Å². The van der Waals surface area contributed by atoms with Crippen LogP contribution in [-0.4, -0.2) is 16.9 Å². The Bertz CT molecular complexity index is 813. The molecule has 6 nitrogen and oxygen atoms in total. The number of nitro groups is 1. The van der Waals surface area contributed by atoms with E-state index in [1.807, 2.05) is 24.3 Å². The molecule has 2 aromatic rings. The van der Waals surface area contributed by atoms with Gasteiger partial charge < -0.3 is 10.1 Å². The maximum absolute atomic E-state index is 12.3. The van der Waals surface area contributed by atoms with Crippen molar-refractivity contribution < 1.29 is 14.5 Å². The predicted octanol–water partition coefficient (Wildman–Crippen LogP) is 4.95. The lowest BCUT2D eigenvalue weighted by molar-refractivity contribution is -0.384. The Hall–Kier alpha value is -2.60. The van der Waals surface area contributed by atoms with E-state index in [1.165, 1.54) is 18.2 Å². The fourth-order valence-electron chi connectivity index (χ4n) is 2.24. The first kappa shape index (κ1) is 19.7. The van der Waals surface area contributed by atoms with Crippen LogP contribution in [0, 0.1) is 10.1 Å². The van der Waals surface area contributed by atoms with Gasteiger partial charge in [0.2, 0.25) is 0 Å². The number of amides is 1. The highest BCUT2D eigenvalue weighted by molar-refractivity contribution is 6.32. The minimum Gasteiger partial charge on any atom is -0.479 e. The number of benzene rings is 2. The number of anilines is 1. The fraction of sp³-hybridized carbons (Fsp3) is 0.316. The Labute approximate surface area is 157 Å². The van der Waals surface area contributed by atoms with Crippen molar-refractivity contribution >= 4 is 28.9 Å². The van der Waals surface area contributed by atoms with Gasteiger partial charge in [-0.1, -0.05) is 44.5 Å². The summed E-state index contributed by atoms with van der Waals surface area (Å²) in [6, 6.07) is 11.4. The molecule has 1 unspecified atom stereocenters. The van der Waals surface area contributed by atoms with Gasteiger partial charge in [-0.3, -0.25) is 14.9 Å². The van der Waals surface area contributed by atoms with E-state index in [0.29, 0.717) is 5.69 Å². The third-order valence-corrected chi connectivity index (χ3v) is 4.11. The molecular formula is C19H21ClN2O4. The van der Waals surface area contributed by atoms with Crippen LogP contribution in [0.4, 0.5) is 11.4 Å². The number of ether oxygens (including phenoxy) is 1. The van der Waals surface area contributed by atoms with Crippen molar-refractivity contribution in [3.63, 3.8) is 0 Å². The summed E-state index contributed by atoms with van der Waals surface area (Å²) >= 11 is 5.98. The van der Waals surface area contributed by atoms with Gasteiger partial charge in [0.15, 0.2) is 6.10 Å². The molecule has 1 amide bonds. The largest absolute Gasteiger partial charge is 0.479 e. The summed E-state index contributed by atoms with van der Waals surface area (Å²) in [6.45, 7) is 7.93. The minimum atomic E-state index is -0.823. The van der Waals surface area contributed by atoms with Gasteiger partial charge in [-0.05, 0) is 36.1 Å². The molecule has 0 saturated carbocycles. The highest BCUT2D eigenvalue weighted by Crippen LogP contribution is 2.29. The van der Waals surface area contributed by atoms with Crippen LogP contribution in [0.25, 0.3) is 0 Å². The summed E-state index contributed by atoms with van der Waals surface area (Å²) in [5.41, 5.74) is 1.72. The number of hydrogen-bond donors (Lipinski definition) is 1. The van der Waals surface area contributed by atoms with Gasteiger partial charge in [0.1, 0.15) is 5.75 Å². The standard InChI is InChI=1S/C19H21ClN2O4/c1-12(26-17-10-9-15(22(24)25)11-16(17)20)18(23)21-14-7-5-13(6-8-14)19(2,3)4/h5-12H,1-4H3,(H,21,23). The summed E-state index contributed by atoms with van der Waals surface area (Å²) in [5.74, 6) is -0.133. The van der Waals surface area contributed by atoms with Crippen LogP contribution >= 0.6 is 11.6 Å². The summed E-state index contributed by atoms with van der Waals surface area (Å²) in [7, 11) is 0. The average molecular weight is 377 g/mol. The van der Waals surface area contributed by atoms with Gasteiger partial charge in [-0.25, -0.2) is 0 Å². The van der Waals surface area contributed by atoms with Crippen LogP contribution in [0.5, 0.6) is 5.75 Å². The maximum atomic E-state index is 12.3. The number of nitrogens with one attached hydrogen (secondary N) is 1. The Kier molecular flexibility index (Phi) is 5.87. The topological polar surface area (TPSA) is 81.5 Å². The second-order valence-electron chi connectivity index (χ2n) is 6.95. The first-order chi connectivity index (χ1) is 12.1. The van der Waals surface area contributed by atoms with Gasteiger partial charge in [0, 0.05) is 17.8 Å². The maximum Gasteiger partial charge on any atom is 0.271 e. The predicted molar refractivity (Wildman–Crippen MR) is 102 cm³/mol. The Morgan fingerprint density at radius 3 is 2.31 bits per heavy atom. The molecule has 2 rings (SSSR count). The van der Waals surface area contributed by atoms with Crippen LogP contribution in [0.3, 0.4) is 0 Å². The Balaban J connectivity index is 2.02. The Morgan fingerprint density at radius 1 is 1.19 bits per heavy atom. The molecule has 0 bridgehead atoms. The molecule has 1 N–H and O–H groups in total. The third-order valence-electron chi connectivity index (χ3n) is 3.82. The molecule has 0 aromatic heterocycles. The first-order valence-electron chi connectivity index (χ1n) is 8.10. The Morgan fingerprint density at radius 2 is 1.81 bits per heavy atom. The number of rotatable bonds is 5. The van der Waals surface area contributed by atoms with E-state index >= 15 is 0 Å². The molecule has 0 radical (unpaired) electrons. The quantitative estimate of drug-likeness (QED) is 0.591. The second kappa shape index (κ2) is 7.74. The highest BCUT2D eigenvalue weighted by Gasteiger charge is 2.19. The minimum absolute atomic E-state index is 0.0333. The molecule has 1 atom stereocenters. The van der Waals surface area contributed by atoms with Crippen molar-refractivity contribution in [3.8, 4) is 5.75 Å². The number of hydrogen-bond acceptors (Lipinski definition) is 4. The van der Waals surface area contributed by atoms with E-state index < -0.39 is 11.0 Å². The molecule has 26 heavy (non-hydrogen) atoms. The van der Waals surface area contributed by atoms with E-state index in [0.717, 1.165) is 5.56 Å². The van der Waals surface area contributed by atoms with Crippen LogP contribution < -0.4 is 10.1 Å². The normalized spacial score (nSPS) is 12.3. The van der Waals surface area contributed by atoms with Gasteiger partial charge in [-0.15, -0.1) is 0 Å². The average Bonchev–Trinajstić information content (AvgIpc) is 2.56. The monoisotopic (exact) mass is 376 g/mol. The highest BCUT2D eigenvalue weighted by atomic mass is 35.5. The molecule has 2 aromatic carbocycles. The third kappa shape index (κ3) is 4.95.